The van der Waals surface area contributed by atoms with E-state index in [-0.39, 0.29) is 0 Å². The zero-order valence-electron chi connectivity index (χ0n) is 8.35. The molecule has 11 heavy (non-hydrogen) atoms. The highest BCUT2D eigenvalue weighted by atomic mass is 15.2. The fraction of sp³-hybridized carbons (Fsp3) is 1.00. The van der Waals surface area contributed by atoms with Gasteiger partial charge in [0.2, 0.25) is 0 Å². The Morgan fingerprint density at radius 2 is 1.55 bits per heavy atom. The summed E-state index contributed by atoms with van der Waals surface area (Å²) in [5.41, 5.74) is 0.356. The summed E-state index contributed by atoms with van der Waals surface area (Å²) in [6.45, 7) is 6.89. The molecule has 0 N–H and O–H groups in total. The quantitative estimate of drug-likeness (QED) is 0.562. The van der Waals surface area contributed by atoms with Gasteiger partial charge in [0.05, 0.1) is 0 Å². The Hall–Kier alpha value is -0.0400. The van der Waals surface area contributed by atoms with Crippen LogP contribution in [-0.2, 0) is 0 Å². The summed E-state index contributed by atoms with van der Waals surface area (Å²) >= 11 is 0. The largest absolute Gasteiger partial charge is 0.299 e. The summed E-state index contributed by atoms with van der Waals surface area (Å²) in [4.78, 5) is 2.53. The third-order valence-corrected chi connectivity index (χ3v) is 2.93. The van der Waals surface area contributed by atoms with E-state index < -0.39 is 0 Å². The van der Waals surface area contributed by atoms with Crippen LogP contribution in [0.5, 0.6) is 0 Å². The van der Waals surface area contributed by atoms with E-state index in [1.807, 2.05) is 0 Å². The molecule has 1 saturated carbocycles. The van der Waals surface area contributed by atoms with Crippen molar-refractivity contribution < 1.29 is 0 Å². The molecule has 0 aromatic rings. The van der Waals surface area contributed by atoms with Crippen molar-refractivity contribution in [2.24, 2.45) is 0 Å². The Kier molecular flexibility index (Phi) is 2.58. The molecule has 1 nitrogen and oxygen atoms in total. The fourth-order valence-electron chi connectivity index (χ4n) is 1.84. The minimum atomic E-state index is 0.356. The number of rotatable bonds is 1. The maximum atomic E-state index is 2.53. The molecule has 0 unspecified atom stereocenters. The second-order valence-electron chi connectivity index (χ2n) is 4.72. The van der Waals surface area contributed by atoms with Crippen molar-refractivity contribution in [1.82, 2.24) is 4.90 Å². The zero-order valence-corrected chi connectivity index (χ0v) is 8.35. The van der Waals surface area contributed by atoms with Crippen molar-refractivity contribution in [3.8, 4) is 0 Å². The molecule has 0 aromatic heterocycles. The van der Waals surface area contributed by atoms with E-state index in [1.54, 1.807) is 0 Å². The van der Waals surface area contributed by atoms with Gasteiger partial charge in [0.1, 0.15) is 0 Å². The summed E-state index contributed by atoms with van der Waals surface area (Å²) < 4.78 is 0. The van der Waals surface area contributed by atoms with Crippen LogP contribution < -0.4 is 0 Å². The molecule has 1 aliphatic rings. The van der Waals surface area contributed by atoms with Crippen LogP contribution in [-0.4, -0.2) is 23.5 Å². The summed E-state index contributed by atoms with van der Waals surface area (Å²) in [6, 6.07) is 0.856. The third kappa shape index (κ3) is 2.19. The topological polar surface area (TPSA) is 3.24 Å². The lowest BCUT2D eigenvalue weighted by atomic mass is 10.0. The number of hydrogen-bond acceptors (Lipinski definition) is 1. The maximum absolute atomic E-state index is 2.53. The molecule has 1 rings (SSSR count). The van der Waals surface area contributed by atoms with Crippen molar-refractivity contribution >= 4 is 0 Å². The first kappa shape index (κ1) is 9.05. The lowest BCUT2D eigenvalue weighted by Crippen LogP contribution is -2.44. The van der Waals surface area contributed by atoms with Crippen LogP contribution in [0, 0.1) is 0 Å². The lowest BCUT2D eigenvalue weighted by Gasteiger charge is -2.36. The van der Waals surface area contributed by atoms with Gasteiger partial charge < -0.3 is 0 Å². The highest BCUT2D eigenvalue weighted by Gasteiger charge is 2.27. The molecule has 0 aliphatic heterocycles. The normalized spacial score (nSPS) is 21.5. The maximum Gasteiger partial charge on any atom is 0.0124 e. The van der Waals surface area contributed by atoms with Gasteiger partial charge in [-0.3, -0.25) is 4.90 Å². The minimum absolute atomic E-state index is 0.356. The molecular weight excluding hydrogens is 134 g/mol. The van der Waals surface area contributed by atoms with E-state index in [4.69, 9.17) is 0 Å². The van der Waals surface area contributed by atoms with Crippen molar-refractivity contribution in [2.45, 2.75) is 58.0 Å². The molecular formula is C10H21N. The monoisotopic (exact) mass is 155 g/mol. The molecule has 1 fully saturated rings. The van der Waals surface area contributed by atoms with Gasteiger partial charge in [0.15, 0.2) is 0 Å². The van der Waals surface area contributed by atoms with Gasteiger partial charge >= 0.3 is 0 Å². The molecule has 0 bridgehead atoms. The molecule has 0 radical (unpaired) electrons. The highest BCUT2D eigenvalue weighted by molar-refractivity contribution is 4.83. The van der Waals surface area contributed by atoms with E-state index in [2.05, 4.69) is 32.7 Å². The summed E-state index contributed by atoms with van der Waals surface area (Å²) in [7, 11) is 2.26. The predicted octanol–water partition coefficient (Wildman–Crippen LogP) is 2.66. The Balaban J connectivity index is 2.46. The molecule has 1 heteroatoms. The van der Waals surface area contributed by atoms with Crippen molar-refractivity contribution in [3.63, 3.8) is 0 Å². The fourth-order valence-corrected chi connectivity index (χ4v) is 1.84. The highest BCUT2D eigenvalue weighted by Crippen LogP contribution is 2.27. The van der Waals surface area contributed by atoms with E-state index in [0.717, 1.165) is 6.04 Å². The summed E-state index contributed by atoms with van der Waals surface area (Å²) in [5.74, 6) is 0. The molecule has 0 amide bonds. The minimum Gasteiger partial charge on any atom is -0.299 e. The zero-order chi connectivity index (χ0) is 8.48. The second-order valence-corrected chi connectivity index (χ2v) is 4.72. The van der Waals surface area contributed by atoms with Crippen LogP contribution in [0.2, 0.25) is 0 Å². The number of nitrogens with zero attached hydrogens (tertiary/aromatic N) is 1. The van der Waals surface area contributed by atoms with Gasteiger partial charge in [-0.05, 0) is 40.7 Å². The molecule has 0 aromatic carbocycles. The molecule has 0 spiro atoms. The lowest BCUT2D eigenvalue weighted by molar-refractivity contribution is 0.119. The smallest absolute Gasteiger partial charge is 0.0124 e. The SMILES string of the molecule is CN(C1CCCC1)C(C)(C)C. The van der Waals surface area contributed by atoms with Crippen LogP contribution in [0.4, 0.5) is 0 Å². The molecule has 0 heterocycles. The van der Waals surface area contributed by atoms with Gasteiger partial charge in [-0.15, -0.1) is 0 Å². The van der Waals surface area contributed by atoms with E-state index in [9.17, 15) is 0 Å². The van der Waals surface area contributed by atoms with E-state index >= 15 is 0 Å². The van der Waals surface area contributed by atoms with Gasteiger partial charge in [-0.25, -0.2) is 0 Å². The summed E-state index contributed by atoms with van der Waals surface area (Å²) in [6.07, 6.45) is 5.69. The Labute approximate surface area is 70.8 Å². The van der Waals surface area contributed by atoms with Gasteiger partial charge in [0.25, 0.3) is 0 Å². The average Bonchev–Trinajstić information content (AvgIpc) is 2.34. The van der Waals surface area contributed by atoms with Crippen molar-refractivity contribution in [3.05, 3.63) is 0 Å². The average molecular weight is 155 g/mol. The van der Waals surface area contributed by atoms with Crippen molar-refractivity contribution in [2.75, 3.05) is 7.05 Å². The Morgan fingerprint density at radius 3 is 1.91 bits per heavy atom. The molecule has 66 valence electrons. The van der Waals surface area contributed by atoms with Gasteiger partial charge in [0, 0.05) is 11.6 Å². The van der Waals surface area contributed by atoms with E-state index in [0.29, 0.717) is 5.54 Å². The molecule has 1 aliphatic carbocycles. The van der Waals surface area contributed by atoms with Crippen molar-refractivity contribution in [1.29, 1.82) is 0 Å². The van der Waals surface area contributed by atoms with Crippen LogP contribution >= 0.6 is 0 Å². The van der Waals surface area contributed by atoms with Crippen LogP contribution in [0.15, 0.2) is 0 Å². The first-order chi connectivity index (χ1) is 5.02. The predicted molar refractivity (Wildman–Crippen MR) is 49.8 cm³/mol. The first-order valence-corrected chi connectivity index (χ1v) is 4.75. The van der Waals surface area contributed by atoms with Gasteiger partial charge in [-0.2, -0.15) is 0 Å². The Bertz CT molecular complexity index is 117. The third-order valence-electron chi connectivity index (χ3n) is 2.93. The number of hydrogen-bond donors (Lipinski definition) is 0. The first-order valence-electron chi connectivity index (χ1n) is 4.75. The standard InChI is InChI=1S/C10H21N/c1-10(2,3)11(4)9-7-5-6-8-9/h9H,5-8H2,1-4H3. The molecule has 0 saturated heterocycles. The second kappa shape index (κ2) is 3.14. The summed E-state index contributed by atoms with van der Waals surface area (Å²) in [5, 5.41) is 0. The Morgan fingerprint density at radius 1 is 1.09 bits per heavy atom. The molecule has 0 atom stereocenters. The van der Waals surface area contributed by atoms with Gasteiger partial charge in [-0.1, -0.05) is 12.8 Å². The van der Waals surface area contributed by atoms with Crippen LogP contribution in [0.1, 0.15) is 46.5 Å². The van der Waals surface area contributed by atoms with Crippen LogP contribution in [0.3, 0.4) is 0 Å². The van der Waals surface area contributed by atoms with E-state index in [1.165, 1.54) is 25.7 Å². The van der Waals surface area contributed by atoms with Crippen LogP contribution in [0.25, 0.3) is 0 Å².